The quantitative estimate of drug-likeness (QED) is 0.470. The van der Waals surface area contributed by atoms with Gasteiger partial charge in [-0.1, -0.05) is 0 Å². The molecule has 1 aromatic carbocycles. The van der Waals surface area contributed by atoms with Crippen molar-refractivity contribution < 1.29 is 19.1 Å². The molecule has 0 aromatic heterocycles. The van der Waals surface area contributed by atoms with Crippen LogP contribution in [0.1, 0.15) is 36.7 Å². The molecule has 0 fully saturated rings. The summed E-state index contributed by atoms with van der Waals surface area (Å²) in [4.78, 5) is 36.6. The number of methoxy groups -OCH3 is 1. The molecule has 0 bridgehead atoms. The van der Waals surface area contributed by atoms with Gasteiger partial charge in [-0.15, -0.1) is 0 Å². The zero-order chi connectivity index (χ0) is 15.0. The summed E-state index contributed by atoms with van der Waals surface area (Å²) in [6.07, 6.45) is 0. The maximum atomic E-state index is 12.4. The van der Waals surface area contributed by atoms with E-state index < -0.39 is 5.91 Å². The molecule has 0 saturated carbocycles. The number of Topliss-reactive ketones (excluding diaryl/α,β-unsaturated/α-hetero) is 1. The van der Waals surface area contributed by atoms with Gasteiger partial charge in [0.25, 0.3) is 5.91 Å². The van der Waals surface area contributed by atoms with Crippen molar-refractivity contribution in [3.63, 3.8) is 0 Å². The van der Waals surface area contributed by atoms with E-state index in [1.807, 2.05) is 0 Å². The molecule has 1 aromatic rings. The number of rotatable bonds is 2. The minimum atomic E-state index is -0.424. The molecule has 1 aliphatic rings. The van der Waals surface area contributed by atoms with Gasteiger partial charge in [0.1, 0.15) is 5.76 Å². The number of fused-ring (bicyclic) bond motifs is 1. The lowest BCUT2D eigenvalue weighted by Gasteiger charge is -2.12. The first-order valence-corrected chi connectivity index (χ1v) is 6.13. The van der Waals surface area contributed by atoms with Crippen molar-refractivity contribution >= 4 is 28.9 Å². The molecule has 0 radical (unpaired) electrons. The molecule has 0 N–H and O–H groups in total. The number of amides is 2. The Morgan fingerprint density at radius 3 is 2.30 bits per heavy atom. The topological polar surface area (TPSA) is 63.7 Å². The van der Waals surface area contributed by atoms with E-state index in [1.165, 1.54) is 21.0 Å². The number of carbonyl (C=O) groups is 3. The van der Waals surface area contributed by atoms with Crippen molar-refractivity contribution in [3.8, 4) is 0 Å². The third-order valence-corrected chi connectivity index (χ3v) is 3.30. The van der Waals surface area contributed by atoms with Gasteiger partial charge in [0.05, 0.1) is 18.4 Å². The summed E-state index contributed by atoms with van der Waals surface area (Å²) in [7, 11) is 1.46. The first-order valence-electron chi connectivity index (χ1n) is 6.13. The van der Waals surface area contributed by atoms with Crippen molar-refractivity contribution in [3.05, 3.63) is 35.1 Å². The van der Waals surface area contributed by atoms with E-state index >= 15 is 0 Å². The summed E-state index contributed by atoms with van der Waals surface area (Å²) >= 11 is 0. The van der Waals surface area contributed by atoms with Gasteiger partial charge >= 0.3 is 0 Å². The van der Waals surface area contributed by atoms with Crippen molar-refractivity contribution in [2.75, 3.05) is 12.0 Å². The summed E-state index contributed by atoms with van der Waals surface area (Å²) in [5.41, 5.74) is 1.85. The van der Waals surface area contributed by atoms with Crippen molar-refractivity contribution in [1.82, 2.24) is 0 Å². The Morgan fingerprint density at radius 2 is 1.80 bits per heavy atom. The third kappa shape index (κ3) is 2.01. The highest BCUT2D eigenvalue weighted by Crippen LogP contribution is 2.39. The van der Waals surface area contributed by atoms with Gasteiger partial charge in [0.15, 0.2) is 5.78 Å². The largest absolute Gasteiger partial charge is 0.501 e. The predicted molar refractivity (Wildman–Crippen MR) is 74.2 cm³/mol. The van der Waals surface area contributed by atoms with Crippen LogP contribution in [0.4, 0.5) is 5.69 Å². The molecule has 5 heteroatoms. The number of hydrogen-bond donors (Lipinski definition) is 0. The highest BCUT2D eigenvalue weighted by Gasteiger charge is 2.37. The van der Waals surface area contributed by atoms with E-state index in [4.69, 9.17) is 4.74 Å². The number of anilines is 1. The second-order valence-corrected chi connectivity index (χ2v) is 4.58. The van der Waals surface area contributed by atoms with Gasteiger partial charge in [0, 0.05) is 18.1 Å². The summed E-state index contributed by atoms with van der Waals surface area (Å²) in [5.74, 6) is -0.477. The van der Waals surface area contributed by atoms with Crippen LogP contribution in [0.2, 0.25) is 0 Å². The number of hydrogen-bond acceptors (Lipinski definition) is 4. The van der Waals surface area contributed by atoms with E-state index in [0.717, 1.165) is 4.90 Å². The first kappa shape index (κ1) is 14.0. The number of benzene rings is 1. The molecule has 20 heavy (non-hydrogen) atoms. The molecule has 0 aliphatic carbocycles. The zero-order valence-electron chi connectivity index (χ0n) is 11.8. The highest BCUT2D eigenvalue weighted by atomic mass is 16.5. The van der Waals surface area contributed by atoms with Crippen LogP contribution in [0.3, 0.4) is 0 Å². The summed E-state index contributed by atoms with van der Waals surface area (Å²) in [6.45, 7) is 4.43. The Labute approximate surface area is 116 Å². The minimum Gasteiger partial charge on any atom is -0.501 e. The van der Waals surface area contributed by atoms with E-state index in [0.29, 0.717) is 28.1 Å². The number of ketones is 1. The third-order valence-electron chi connectivity index (χ3n) is 3.30. The Balaban J connectivity index is 2.74. The van der Waals surface area contributed by atoms with Crippen LogP contribution in [-0.2, 0) is 14.3 Å². The Morgan fingerprint density at radius 1 is 1.15 bits per heavy atom. The van der Waals surface area contributed by atoms with Crippen molar-refractivity contribution in [2.24, 2.45) is 0 Å². The smallest absolute Gasteiger partial charge is 0.269 e. The van der Waals surface area contributed by atoms with Crippen molar-refractivity contribution in [1.29, 1.82) is 0 Å². The van der Waals surface area contributed by atoms with Gasteiger partial charge in [-0.05, 0) is 32.0 Å². The highest BCUT2D eigenvalue weighted by molar-refractivity contribution is 6.40. The van der Waals surface area contributed by atoms with E-state index in [1.54, 1.807) is 25.1 Å². The monoisotopic (exact) mass is 273 g/mol. The lowest BCUT2D eigenvalue weighted by molar-refractivity contribution is -0.122. The van der Waals surface area contributed by atoms with Crippen LogP contribution in [0.15, 0.2) is 24.0 Å². The molecule has 1 heterocycles. The fourth-order valence-electron chi connectivity index (χ4n) is 2.24. The van der Waals surface area contributed by atoms with Crippen LogP contribution in [0.25, 0.3) is 5.57 Å². The van der Waals surface area contributed by atoms with Crippen LogP contribution in [-0.4, -0.2) is 24.7 Å². The standard InChI is InChI=1S/C15H15NO4/c1-8(17)11-5-6-13-12(7-11)14(9(2)20-4)15(19)16(13)10(3)18/h5-7H,1-4H3/b14-9-. The average Bonchev–Trinajstić information content (AvgIpc) is 2.68. The number of allylic oxidation sites excluding steroid dienone is 1. The van der Waals surface area contributed by atoms with Crippen LogP contribution < -0.4 is 4.90 Å². The lowest BCUT2D eigenvalue weighted by Crippen LogP contribution is -2.31. The summed E-state index contributed by atoms with van der Waals surface area (Å²) in [5, 5.41) is 0. The molecule has 0 spiro atoms. The molecule has 0 unspecified atom stereocenters. The number of nitrogens with zero attached hydrogens (tertiary/aromatic N) is 1. The van der Waals surface area contributed by atoms with Gasteiger partial charge in [-0.3, -0.25) is 14.4 Å². The van der Waals surface area contributed by atoms with Gasteiger partial charge in [0.2, 0.25) is 5.91 Å². The Hall–Kier alpha value is -2.43. The molecule has 0 atom stereocenters. The summed E-state index contributed by atoms with van der Waals surface area (Å²) < 4.78 is 5.13. The van der Waals surface area contributed by atoms with Crippen LogP contribution in [0, 0.1) is 0 Å². The van der Waals surface area contributed by atoms with Gasteiger partial charge in [-0.25, -0.2) is 4.90 Å². The molecule has 2 amide bonds. The Kier molecular flexibility index (Phi) is 3.44. The van der Waals surface area contributed by atoms with Crippen LogP contribution in [0.5, 0.6) is 0 Å². The van der Waals surface area contributed by atoms with Gasteiger partial charge < -0.3 is 4.74 Å². The second-order valence-electron chi connectivity index (χ2n) is 4.58. The molecular formula is C15H15NO4. The molecule has 104 valence electrons. The molecule has 5 nitrogen and oxygen atoms in total. The fraction of sp³-hybridized carbons (Fsp3) is 0.267. The maximum Gasteiger partial charge on any atom is 0.269 e. The maximum absolute atomic E-state index is 12.4. The molecule has 0 saturated heterocycles. The SMILES string of the molecule is CO/C(C)=C1\C(=O)N(C(C)=O)c2ccc(C(C)=O)cc21. The predicted octanol–water partition coefficient (Wildman–Crippen LogP) is 2.16. The van der Waals surface area contributed by atoms with Gasteiger partial charge in [-0.2, -0.15) is 0 Å². The zero-order valence-corrected chi connectivity index (χ0v) is 11.8. The van der Waals surface area contributed by atoms with Crippen LogP contribution >= 0.6 is 0 Å². The lowest BCUT2D eigenvalue weighted by atomic mass is 10.0. The van der Waals surface area contributed by atoms with E-state index in [9.17, 15) is 14.4 Å². The second kappa shape index (κ2) is 4.92. The average molecular weight is 273 g/mol. The fourth-order valence-corrected chi connectivity index (χ4v) is 2.24. The van der Waals surface area contributed by atoms with E-state index in [-0.39, 0.29) is 11.7 Å². The normalized spacial score (nSPS) is 16.0. The molecule has 2 rings (SSSR count). The summed E-state index contributed by atoms with van der Waals surface area (Å²) in [6, 6.07) is 4.84. The molecule has 1 aliphatic heterocycles. The number of carbonyl (C=O) groups excluding carboxylic acids is 3. The first-order chi connectivity index (χ1) is 9.38. The number of ether oxygens (including phenoxy) is 1. The Bertz CT molecular complexity index is 658. The molecular weight excluding hydrogens is 258 g/mol. The minimum absolute atomic E-state index is 0.101. The number of imide groups is 1. The van der Waals surface area contributed by atoms with E-state index in [2.05, 4.69) is 0 Å². The van der Waals surface area contributed by atoms with Crippen molar-refractivity contribution in [2.45, 2.75) is 20.8 Å².